The zero-order valence-electron chi connectivity index (χ0n) is 7.76. The van der Waals surface area contributed by atoms with Gasteiger partial charge in [-0.15, -0.1) is 13.2 Å². The summed E-state index contributed by atoms with van der Waals surface area (Å²) in [6.45, 7) is 0. The lowest BCUT2D eigenvalue weighted by Gasteiger charge is -2.13. The highest BCUT2D eigenvalue weighted by Crippen LogP contribution is 2.36. The molecule has 3 nitrogen and oxygen atoms in total. The van der Waals surface area contributed by atoms with E-state index in [2.05, 4.69) is 25.7 Å². The second-order valence-electron chi connectivity index (χ2n) is 2.71. The molecule has 94 valence electrons. The molecule has 17 heavy (non-hydrogen) atoms. The van der Waals surface area contributed by atoms with Crippen molar-refractivity contribution in [3.05, 3.63) is 21.8 Å². The average molecular weight is 320 g/mol. The van der Waals surface area contributed by atoms with Crippen LogP contribution in [-0.2, 0) is 0 Å². The van der Waals surface area contributed by atoms with Gasteiger partial charge in [0.15, 0.2) is 6.29 Å². The molecule has 0 fully saturated rings. The molecule has 0 N–H and O–H groups in total. The number of ether oxygens (including phenoxy) is 1. The Bertz CT molecular complexity index is 435. The average Bonchev–Trinajstić information content (AvgIpc) is 2.13. The monoisotopic (exact) mass is 319 g/mol. The maximum absolute atomic E-state index is 12.5. The maximum Gasteiger partial charge on any atom is 0.574 e. The minimum Gasteiger partial charge on any atom is -0.387 e. The van der Waals surface area contributed by atoms with Gasteiger partial charge in [-0.1, -0.05) is 15.9 Å². The Morgan fingerprint density at radius 1 is 1.41 bits per heavy atom. The molecule has 1 rings (SSSR count). The van der Waals surface area contributed by atoms with Crippen molar-refractivity contribution in [2.45, 2.75) is 12.8 Å². The number of carbonyl (C=O) groups is 1. The Labute approximate surface area is 99.7 Å². The largest absolute Gasteiger partial charge is 0.574 e. The molecule has 1 heterocycles. The lowest BCUT2D eigenvalue weighted by molar-refractivity contribution is -0.276. The predicted molar refractivity (Wildman–Crippen MR) is 49.0 cm³/mol. The summed E-state index contributed by atoms with van der Waals surface area (Å²) in [5, 5.41) is 0. The summed E-state index contributed by atoms with van der Waals surface area (Å²) in [5.41, 5.74) is -1.52. The number of aldehydes is 1. The van der Waals surface area contributed by atoms with Gasteiger partial charge in [0.1, 0.15) is 5.69 Å². The van der Waals surface area contributed by atoms with E-state index in [1.165, 1.54) is 0 Å². The van der Waals surface area contributed by atoms with Crippen LogP contribution in [0.2, 0.25) is 0 Å². The second kappa shape index (κ2) is 4.94. The SMILES string of the molecule is O=Cc1cc(Br)c(C(F)F)c(OC(F)(F)F)n1. The number of pyridine rings is 1. The third-order valence-electron chi connectivity index (χ3n) is 1.54. The van der Waals surface area contributed by atoms with Gasteiger partial charge in [-0.2, -0.15) is 0 Å². The molecule has 9 heteroatoms. The van der Waals surface area contributed by atoms with E-state index in [1.807, 2.05) is 0 Å². The number of rotatable bonds is 3. The Balaban J connectivity index is 3.32. The molecule has 0 aromatic carbocycles. The summed E-state index contributed by atoms with van der Waals surface area (Å²) in [7, 11) is 0. The van der Waals surface area contributed by atoms with E-state index in [9.17, 15) is 26.7 Å². The first-order valence-electron chi connectivity index (χ1n) is 3.94. The molecular weight excluding hydrogens is 317 g/mol. The minimum absolute atomic E-state index is 0.114. The molecule has 1 aromatic rings. The molecule has 0 unspecified atom stereocenters. The predicted octanol–water partition coefficient (Wildman–Crippen LogP) is 3.49. The Morgan fingerprint density at radius 3 is 2.41 bits per heavy atom. The summed E-state index contributed by atoms with van der Waals surface area (Å²) in [6, 6.07) is 0.873. The fourth-order valence-corrected chi connectivity index (χ4v) is 1.54. The van der Waals surface area contributed by atoms with Crippen molar-refractivity contribution in [3.63, 3.8) is 0 Å². The van der Waals surface area contributed by atoms with E-state index in [0.717, 1.165) is 6.07 Å². The van der Waals surface area contributed by atoms with Crippen LogP contribution in [0.15, 0.2) is 10.5 Å². The minimum atomic E-state index is -5.17. The molecule has 0 aliphatic rings. The van der Waals surface area contributed by atoms with Gasteiger partial charge in [0.25, 0.3) is 6.43 Å². The lowest BCUT2D eigenvalue weighted by Crippen LogP contribution is -2.19. The standard InChI is InChI=1S/C8H3BrF5NO2/c9-4-1-3(2-16)15-7(5(4)6(10)11)17-8(12,13)14/h1-2,6H. The summed E-state index contributed by atoms with van der Waals surface area (Å²) in [6.07, 6.45) is -8.28. The van der Waals surface area contributed by atoms with Crippen LogP contribution in [0.1, 0.15) is 22.5 Å². The number of carbonyl (C=O) groups excluding carboxylic acids is 1. The van der Waals surface area contributed by atoms with E-state index in [1.54, 1.807) is 0 Å². The van der Waals surface area contributed by atoms with Gasteiger partial charge >= 0.3 is 6.36 Å². The van der Waals surface area contributed by atoms with E-state index in [4.69, 9.17) is 0 Å². The van der Waals surface area contributed by atoms with Crippen molar-refractivity contribution in [3.8, 4) is 5.88 Å². The van der Waals surface area contributed by atoms with Crippen LogP contribution in [0.25, 0.3) is 0 Å². The summed E-state index contributed by atoms with van der Waals surface area (Å²) < 4.78 is 63.8. The first kappa shape index (κ1) is 13.8. The van der Waals surface area contributed by atoms with Crippen LogP contribution in [0, 0.1) is 0 Å². The third kappa shape index (κ3) is 3.62. The molecular formula is C8H3BrF5NO2. The number of hydrogen-bond donors (Lipinski definition) is 0. The topological polar surface area (TPSA) is 39.2 Å². The molecule has 0 bridgehead atoms. The van der Waals surface area contributed by atoms with E-state index in [-0.39, 0.29) is 10.8 Å². The zero-order valence-corrected chi connectivity index (χ0v) is 9.35. The molecule has 0 atom stereocenters. The summed E-state index contributed by atoms with van der Waals surface area (Å²) >= 11 is 2.62. The highest BCUT2D eigenvalue weighted by molar-refractivity contribution is 9.10. The highest BCUT2D eigenvalue weighted by atomic mass is 79.9. The van der Waals surface area contributed by atoms with Gasteiger partial charge in [-0.05, 0) is 6.07 Å². The molecule has 0 radical (unpaired) electrons. The number of alkyl halides is 5. The van der Waals surface area contributed by atoms with E-state index in [0.29, 0.717) is 0 Å². The number of hydrogen-bond acceptors (Lipinski definition) is 3. The molecule has 0 saturated carbocycles. The number of aromatic nitrogens is 1. The van der Waals surface area contributed by atoms with Crippen molar-refractivity contribution in [1.29, 1.82) is 0 Å². The summed E-state index contributed by atoms with van der Waals surface area (Å²) in [4.78, 5) is 13.4. The molecule has 0 spiro atoms. The normalized spacial score (nSPS) is 11.7. The number of halogens is 6. The van der Waals surface area contributed by atoms with E-state index < -0.39 is 29.9 Å². The highest BCUT2D eigenvalue weighted by Gasteiger charge is 2.35. The molecule has 0 aliphatic heterocycles. The first-order valence-corrected chi connectivity index (χ1v) is 4.73. The Morgan fingerprint density at radius 2 is 2.00 bits per heavy atom. The van der Waals surface area contributed by atoms with Gasteiger partial charge in [0, 0.05) is 4.47 Å². The van der Waals surface area contributed by atoms with Crippen molar-refractivity contribution in [1.82, 2.24) is 4.98 Å². The Kier molecular flexibility index (Phi) is 4.02. The van der Waals surface area contributed by atoms with Crippen LogP contribution < -0.4 is 4.74 Å². The smallest absolute Gasteiger partial charge is 0.387 e. The lowest BCUT2D eigenvalue weighted by atomic mass is 10.2. The summed E-state index contributed by atoms with van der Waals surface area (Å²) in [5.74, 6) is -1.34. The molecule has 0 aliphatic carbocycles. The third-order valence-corrected chi connectivity index (χ3v) is 2.20. The van der Waals surface area contributed by atoms with Crippen molar-refractivity contribution in [2.24, 2.45) is 0 Å². The van der Waals surface area contributed by atoms with Crippen molar-refractivity contribution >= 4 is 22.2 Å². The van der Waals surface area contributed by atoms with Crippen LogP contribution in [-0.4, -0.2) is 17.6 Å². The van der Waals surface area contributed by atoms with Gasteiger partial charge in [-0.25, -0.2) is 13.8 Å². The van der Waals surface area contributed by atoms with Crippen molar-refractivity contribution < 1.29 is 31.5 Å². The number of nitrogens with zero attached hydrogens (tertiary/aromatic N) is 1. The molecule has 0 amide bonds. The van der Waals surface area contributed by atoms with Gasteiger partial charge in [0.2, 0.25) is 5.88 Å². The molecule has 1 aromatic heterocycles. The van der Waals surface area contributed by atoms with Gasteiger partial charge in [0.05, 0.1) is 5.56 Å². The van der Waals surface area contributed by atoms with Crippen molar-refractivity contribution in [2.75, 3.05) is 0 Å². The van der Waals surface area contributed by atoms with Crippen LogP contribution in [0.4, 0.5) is 22.0 Å². The quantitative estimate of drug-likeness (QED) is 0.632. The van der Waals surface area contributed by atoms with E-state index >= 15 is 0 Å². The van der Waals surface area contributed by atoms with Crippen LogP contribution in [0.3, 0.4) is 0 Å². The van der Waals surface area contributed by atoms with Crippen LogP contribution in [0.5, 0.6) is 5.88 Å². The fourth-order valence-electron chi connectivity index (χ4n) is 0.965. The maximum atomic E-state index is 12.5. The fraction of sp³-hybridized carbons (Fsp3) is 0.250. The zero-order chi connectivity index (χ0) is 13.2. The first-order chi connectivity index (χ1) is 7.74. The molecule has 0 saturated heterocycles. The van der Waals surface area contributed by atoms with Gasteiger partial charge in [-0.3, -0.25) is 4.79 Å². The Hall–Kier alpha value is -1.25. The van der Waals surface area contributed by atoms with Crippen LogP contribution >= 0.6 is 15.9 Å². The van der Waals surface area contributed by atoms with Gasteiger partial charge < -0.3 is 4.74 Å². The second-order valence-corrected chi connectivity index (χ2v) is 3.57.